The van der Waals surface area contributed by atoms with E-state index in [1.807, 2.05) is 6.26 Å². The maximum Gasteiger partial charge on any atom is 0.407 e. The quantitative estimate of drug-likeness (QED) is 0.710. The van der Waals surface area contributed by atoms with E-state index in [-0.39, 0.29) is 12.3 Å². The van der Waals surface area contributed by atoms with Gasteiger partial charge in [0.25, 0.3) is 0 Å². The van der Waals surface area contributed by atoms with E-state index in [1.54, 1.807) is 32.5 Å². The monoisotopic (exact) mass is 262 g/mol. The van der Waals surface area contributed by atoms with Crippen LogP contribution in [-0.4, -0.2) is 42.7 Å². The van der Waals surface area contributed by atoms with Crippen LogP contribution in [0.3, 0.4) is 0 Å². The Kier molecular flexibility index (Phi) is 7.78. The first-order chi connectivity index (χ1) is 7.85. The number of nitrogens with one attached hydrogen (secondary N) is 2. The fraction of sp³-hybridized carbons (Fsp3) is 0.818. The largest absolute Gasteiger partial charge is 0.444 e. The third-order valence-electron chi connectivity index (χ3n) is 1.65. The van der Waals surface area contributed by atoms with Crippen LogP contribution in [0.1, 0.15) is 27.2 Å². The Hall–Kier alpha value is -0.910. The summed E-state index contributed by atoms with van der Waals surface area (Å²) in [6.45, 7) is 6.33. The molecule has 0 saturated carbocycles. The smallest absolute Gasteiger partial charge is 0.407 e. The lowest BCUT2D eigenvalue weighted by Crippen LogP contribution is -2.35. The van der Waals surface area contributed by atoms with Crippen LogP contribution in [0.5, 0.6) is 0 Å². The zero-order valence-electron chi connectivity index (χ0n) is 11.0. The van der Waals surface area contributed by atoms with E-state index >= 15 is 0 Å². The molecule has 0 atom stereocenters. The normalized spacial score (nSPS) is 10.8. The second-order valence-electron chi connectivity index (χ2n) is 4.52. The molecule has 0 radical (unpaired) electrons. The second kappa shape index (κ2) is 8.22. The van der Waals surface area contributed by atoms with Crippen molar-refractivity contribution in [1.29, 1.82) is 0 Å². The minimum absolute atomic E-state index is 0.0601. The van der Waals surface area contributed by atoms with E-state index < -0.39 is 11.7 Å². The van der Waals surface area contributed by atoms with Crippen LogP contribution >= 0.6 is 11.8 Å². The van der Waals surface area contributed by atoms with Crippen molar-refractivity contribution in [2.45, 2.75) is 32.8 Å². The molecule has 0 heterocycles. The van der Waals surface area contributed by atoms with Gasteiger partial charge < -0.3 is 15.4 Å². The molecule has 2 amide bonds. The molecule has 0 spiro atoms. The molecule has 0 rings (SSSR count). The van der Waals surface area contributed by atoms with E-state index in [4.69, 9.17) is 4.74 Å². The second-order valence-corrected chi connectivity index (χ2v) is 5.51. The molecule has 0 aromatic rings. The van der Waals surface area contributed by atoms with Crippen LogP contribution < -0.4 is 10.6 Å². The highest BCUT2D eigenvalue weighted by Gasteiger charge is 2.15. The first-order valence-corrected chi connectivity index (χ1v) is 6.97. The van der Waals surface area contributed by atoms with Gasteiger partial charge in [-0.25, -0.2) is 4.79 Å². The summed E-state index contributed by atoms with van der Waals surface area (Å²) in [4.78, 5) is 22.5. The van der Waals surface area contributed by atoms with Gasteiger partial charge >= 0.3 is 6.09 Å². The lowest BCUT2D eigenvalue weighted by atomic mass is 10.2. The molecular weight excluding hydrogens is 240 g/mol. The number of carbonyl (C=O) groups excluding carboxylic acids is 2. The average Bonchev–Trinajstić information content (AvgIpc) is 2.15. The maximum atomic E-state index is 11.3. The number of ether oxygens (including phenoxy) is 1. The number of rotatable bonds is 6. The van der Waals surface area contributed by atoms with Crippen molar-refractivity contribution in [3.05, 3.63) is 0 Å². The molecular formula is C11H22N2O3S. The summed E-state index contributed by atoms with van der Waals surface area (Å²) in [7, 11) is 0. The Labute approximate surface area is 107 Å². The zero-order valence-corrected chi connectivity index (χ0v) is 11.8. The van der Waals surface area contributed by atoms with E-state index in [9.17, 15) is 9.59 Å². The highest BCUT2D eigenvalue weighted by atomic mass is 32.2. The van der Waals surface area contributed by atoms with Gasteiger partial charge in [0.15, 0.2) is 0 Å². The van der Waals surface area contributed by atoms with Crippen LogP contribution in [0.25, 0.3) is 0 Å². The molecule has 0 aromatic carbocycles. The summed E-state index contributed by atoms with van der Waals surface area (Å²) >= 11 is 1.67. The lowest BCUT2D eigenvalue weighted by Gasteiger charge is -2.19. The summed E-state index contributed by atoms with van der Waals surface area (Å²) in [6.07, 6.45) is 1.76. The van der Waals surface area contributed by atoms with Gasteiger partial charge in [0.1, 0.15) is 5.60 Å². The molecule has 0 saturated heterocycles. The Morgan fingerprint density at radius 3 is 2.35 bits per heavy atom. The molecule has 5 nitrogen and oxygen atoms in total. The first kappa shape index (κ1) is 16.1. The van der Waals surface area contributed by atoms with Gasteiger partial charge in [0.05, 0.1) is 0 Å². The van der Waals surface area contributed by atoms with Gasteiger partial charge in [0.2, 0.25) is 5.91 Å². The van der Waals surface area contributed by atoms with Crippen LogP contribution in [0, 0.1) is 0 Å². The SMILES string of the molecule is CSCCNC(=O)CCNC(=O)OC(C)(C)C. The molecule has 6 heteroatoms. The summed E-state index contributed by atoms with van der Waals surface area (Å²) in [6, 6.07) is 0. The van der Waals surface area contributed by atoms with Crippen molar-refractivity contribution < 1.29 is 14.3 Å². The van der Waals surface area contributed by atoms with Crippen LogP contribution in [0.2, 0.25) is 0 Å². The molecule has 0 bridgehead atoms. The van der Waals surface area contributed by atoms with Gasteiger partial charge in [-0.1, -0.05) is 0 Å². The predicted molar refractivity (Wildman–Crippen MR) is 70.2 cm³/mol. The molecule has 2 N–H and O–H groups in total. The van der Waals surface area contributed by atoms with Gasteiger partial charge in [-0.2, -0.15) is 11.8 Å². The minimum atomic E-state index is -0.509. The van der Waals surface area contributed by atoms with E-state index in [2.05, 4.69) is 10.6 Å². The Bertz CT molecular complexity index is 252. The molecule has 0 aromatic heterocycles. The number of hydrogen-bond acceptors (Lipinski definition) is 4. The molecule has 17 heavy (non-hydrogen) atoms. The summed E-state index contributed by atoms with van der Waals surface area (Å²) in [5, 5.41) is 5.29. The molecule has 0 aliphatic rings. The molecule has 0 aliphatic carbocycles. The van der Waals surface area contributed by atoms with Gasteiger partial charge in [-0.15, -0.1) is 0 Å². The Morgan fingerprint density at radius 2 is 1.82 bits per heavy atom. The Morgan fingerprint density at radius 1 is 1.18 bits per heavy atom. The Balaban J connectivity index is 3.56. The lowest BCUT2D eigenvalue weighted by molar-refractivity contribution is -0.120. The molecule has 0 unspecified atom stereocenters. The number of amides is 2. The van der Waals surface area contributed by atoms with Gasteiger partial charge in [-0.3, -0.25) is 4.79 Å². The van der Waals surface area contributed by atoms with Crippen molar-refractivity contribution in [3.63, 3.8) is 0 Å². The van der Waals surface area contributed by atoms with Crippen molar-refractivity contribution in [1.82, 2.24) is 10.6 Å². The molecule has 100 valence electrons. The van der Waals surface area contributed by atoms with Gasteiger partial charge in [0, 0.05) is 25.3 Å². The fourth-order valence-electron chi connectivity index (χ4n) is 0.973. The highest BCUT2D eigenvalue weighted by molar-refractivity contribution is 7.98. The van der Waals surface area contributed by atoms with Crippen LogP contribution in [0.4, 0.5) is 4.79 Å². The predicted octanol–water partition coefficient (Wildman–Crippen LogP) is 1.38. The molecule has 0 aliphatic heterocycles. The maximum absolute atomic E-state index is 11.3. The molecule has 0 fully saturated rings. The number of alkyl carbamates (subject to hydrolysis) is 1. The minimum Gasteiger partial charge on any atom is -0.444 e. The van der Waals surface area contributed by atoms with Crippen molar-refractivity contribution >= 4 is 23.8 Å². The summed E-state index contributed by atoms with van der Waals surface area (Å²) in [5.74, 6) is 0.834. The van der Waals surface area contributed by atoms with Crippen molar-refractivity contribution in [2.75, 3.05) is 25.1 Å². The topological polar surface area (TPSA) is 67.4 Å². The fourth-order valence-corrected chi connectivity index (χ4v) is 1.28. The van der Waals surface area contributed by atoms with E-state index in [0.717, 1.165) is 5.75 Å². The standard InChI is InChI=1S/C11H22N2O3S/c1-11(2,3)16-10(15)13-6-5-9(14)12-7-8-17-4/h5-8H2,1-4H3,(H,12,14)(H,13,15). The number of carbonyl (C=O) groups is 2. The number of hydrogen-bond donors (Lipinski definition) is 2. The third kappa shape index (κ3) is 11.4. The number of thioether (sulfide) groups is 1. The summed E-state index contributed by atoms with van der Waals surface area (Å²) < 4.78 is 5.03. The zero-order chi connectivity index (χ0) is 13.3. The van der Waals surface area contributed by atoms with Crippen molar-refractivity contribution in [3.8, 4) is 0 Å². The van der Waals surface area contributed by atoms with Crippen LogP contribution in [0.15, 0.2) is 0 Å². The van der Waals surface area contributed by atoms with Gasteiger partial charge in [-0.05, 0) is 27.0 Å². The van der Waals surface area contributed by atoms with E-state index in [1.165, 1.54) is 0 Å². The highest BCUT2D eigenvalue weighted by Crippen LogP contribution is 2.06. The van der Waals surface area contributed by atoms with E-state index in [0.29, 0.717) is 13.1 Å². The average molecular weight is 262 g/mol. The summed E-state index contributed by atoms with van der Waals surface area (Å²) in [5.41, 5.74) is -0.509. The first-order valence-electron chi connectivity index (χ1n) is 5.57. The van der Waals surface area contributed by atoms with Crippen LogP contribution in [-0.2, 0) is 9.53 Å². The van der Waals surface area contributed by atoms with Crippen molar-refractivity contribution in [2.24, 2.45) is 0 Å². The third-order valence-corrected chi connectivity index (χ3v) is 2.26.